The van der Waals surface area contributed by atoms with Gasteiger partial charge in [-0.05, 0) is 12.1 Å². The molecule has 1 rings (SSSR count). The Labute approximate surface area is 90.2 Å². The summed E-state index contributed by atoms with van der Waals surface area (Å²) < 4.78 is 35.4. The molecule has 0 heterocycles. The number of carboxylic acid groups (broad SMARTS) is 1. The second kappa shape index (κ2) is 3.79. The van der Waals surface area contributed by atoms with Crippen LogP contribution in [-0.2, 0) is 9.84 Å². The molecule has 0 fully saturated rings. The van der Waals surface area contributed by atoms with Crippen molar-refractivity contribution in [2.45, 2.75) is 4.90 Å². The molecular formula is C8H6ClFO4S. The first-order valence-corrected chi connectivity index (χ1v) is 5.93. The Morgan fingerprint density at radius 3 is 2.33 bits per heavy atom. The van der Waals surface area contributed by atoms with Gasteiger partial charge in [-0.1, -0.05) is 11.6 Å². The lowest BCUT2D eigenvalue weighted by atomic mass is 10.2. The van der Waals surface area contributed by atoms with Gasteiger partial charge in [0.25, 0.3) is 0 Å². The van der Waals surface area contributed by atoms with E-state index >= 15 is 0 Å². The van der Waals surface area contributed by atoms with E-state index in [1.165, 1.54) is 0 Å². The molecule has 0 saturated heterocycles. The van der Waals surface area contributed by atoms with Crippen LogP contribution in [0.2, 0.25) is 5.02 Å². The van der Waals surface area contributed by atoms with Crippen LogP contribution in [0.3, 0.4) is 0 Å². The Balaban J connectivity index is 3.55. The third kappa shape index (κ3) is 2.45. The van der Waals surface area contributed by atoms with Gasteiger partial charge in [0.2, 0.25) is 0 Å². The van der Waals surface area contributed by atoms with Crippen LogP contribution >= 0.6 is 11.6 Å². The summed E-state index contributed by atoms with van der Waals surface area (Å²) in [5.74, 6) is -2.54. The van der Waals surface area contributed by atoms with Crippen molar-refractivity contribution in [3.63, 3.8) is 0 Å². The molecule has 0 aliphatic rings. The summed E-state index contributed by atoms with van der Waals surface area (Å²) in [5, 5.41) is 8.12. The quantitative estimate of drug-likeness (QED) is 0.867. The van der Waals surface area contributed by atoms with Gasteiger partial charge in [-0.3, -0.25) is 0 Å². The average molecular weight is 253 g/mol. The van der Waals surface area contributed by atoms with Crippen molar-refractivity contribution >= 4 is 27.4 Å². The fraction of sp³-hybridized carbons (Fsp3) is 0.125. The van der Waals surface area contributed by atoms with Crippen molar-refractivity contribution < 1.29 is 22.7 Å². The number of aromatic carboxylic acids is 1. The minimum absolute atomic E-state index is 0.398. The molecule has 0 aromatic heterocycles. The van der Waals surface area contributed by atoms with Gasteiger partial charge in [-0.25, -0.2) is 17.6 Å². The summed E-state index contributed by atoms with van der Waals surface area (Å²) in [6, 6.07) is 1.51. The number of carboxylic acids is 1. The minimum atomic E-state index is -3.81. The molecule has 0 bridgehead atoms. The average Bonchev–Trinajstić information content (AvgIpc) is 1.99. The number of benzene rings is 1. The molecule has 82 valence electrons. The molecule has 0 aliphatic heterocycles. The molecule has 0 atom stereocenters. The summed E-state index contributed by atoms with van der Waals surface area (Å²) in [6.45, 7) is 0. The Hall–Kier alpha value is -1.14. The Morgan fingerprint density at radius 1 is 1.47 bits per heavy atom. The van der Waals surface area contributed by atoms with Crippen LogP contribution in [0.15, 0.2) is 17.0 Å². The number of hydrogen-bond donors (Lipinski definition) is 1. The molecule has 0 unspecified atom stereocenters. The monoisotopic (exact) mass is 252 g/mol. The number of carbonyl (C=O) groups is 1. The third-order valence-electron chi connectivity index (χ3n) is 1.62. The minimum Gasteiger partial charge on any atom is -0.478 e. The molecule has 1 aromatic rings. The van der Waals surface area contributed by atoms with E-state index < -0.39 is 37.1 Å². The van der Waals surface area contributed by atoms with Gasteiger partial charge < -0.3 is 5.11 Å². The van der Waals surface area contributed by atoms with E-state index in [1.54, 1.807) is 0 Å². The number of halogens is 2. The third-order valence-corrected chi connectivity index (χ3v) is 3.18. The van der Waals surface area contributed by atoms with Crippen molar-refractivity contribution in [2.24, 2.45) is 0 Å². The van der Waals surface area contributed by atoms with Gasteiger partial charge in [0.1, 0.15) is 10.7 Å². The van der Waals surface area contributed by atoms with Crippen LogP contribution < -0.4 is 0 Å². The van der Waals surface area contributed by atoms with E-state index in [9.17, 15) is 17.6 Å². The first-order chi connectivity index (χ1) is 6.73. The van der Waals surface area contributed by atoms with E-state index in [4.69, 9.17) is 16.7 Å². The largest absolute Gasteiger partial charge is 0.478 e. The van der Waals surface area contributed by atoms with Gasteiger partial charge >= 0.3 is 5.97 Å². The van der Waals surface area contributed by atoms with Crippen molar-refractivity contribution in [3.05, 3.63) is 28.5 Å². The second-order valence-electron chi connectivity index (χ2n) is 2.85. The fourth-order valence-corrected chi connectivity index (χ4v) is 2.49. The number of rotatable bonds is 2. The highest BCUT2D eigenvalue weighted by Gasteiger charge is 2.20. The SMILES string of the molecule is CS(=O)(=O)c1c(F)cc(C(=O)O)cc1Cl. The molecule has 7 heteroatoms. The summed E-state index contributed by atoms with van der Waals surface area (Å²) >= 11 is 5.48. The Bertz CT molecular complexity index is 500. The van der Waals surface area contributed by atoms with Crippen molar-refractivity contribution in [2.75, 3.05) is 6.26 Å². The van der Waals surface area contributed by atoms with Crippen LogP contribution in [0.25, 0.3) is 0 Å². The van der Waals surface area contributed by atoms with Crippen LogP contribution in [0.4, 0.5) is 4.39 Å². The van der Waals surface area contributed by atoms with Crippen LogP contribution in [-0.4, -0.2) is 25.7 Å². The lowest BCUT2D eigenvalue weighted by Crippen LogP contribution is -2.05. The zero-order chi connectivity index (χ0) is 11.8. The number of hydrogen-bond acceptors (Lipinski definition) is 3. The van der Waals surface area contributed by atoms with Gasteiger partial charge in [0, 0.05) is 6.26 Å². The molecule has 0 radical (unpaired) electrons. The van der Waals surface area contributed by atoms with E-state index in [1.807, 2.05) is 0 Å². The zero-order valence-electron chi connectivity index (χ0n) is 7.49. The smallest absolute Gasteiger partial charge is 0.335 e. The van der Waals surface area contributed by atoms with Crippen LogP contribution in [0, 0.1) is 5.82 Å². The maximum absolute atomic E-state index is 13.2. The van der Waals surface area contributed by atoms with Crippen LogP contribution in [0.1, 0.15) is 10.4 Å². The molecule has 4 nitrogen and oxygen atoms in total. The summed E-state index contributed by atoms with van der Waals surface area (Å²) in [4.78, 5) is 9.81. The predicted molar refractivity (Wildman–Crippen MR) is 51.5 cm³/mol. The lowest BCUT2D eigenvalue weighted by Gasteiger charge is -2.04. The van der Waals surface area contributed by atoms with Crippen molar-refractivity contribution in [3.8, 4) is 0 Å². The van der Waals surface area contributed by atoms with E-state index in [0.29, 0.717) is 6.07 Å². The molecule has 1 aromatic carbocycles. The summed E-state index contributed by atoms with van der Waals surface area (Å²) in [6.07, 6.45) is 0.789. The first-order valence-electron chi connectivity index (χ1n) is 3.66. The van der Waals surface area contributed by atoms with Crippen LogP contribution in [0.5, 0.6) is 0 Å². The lowest BCUT2D eigenvalue weighted by molar-refractivity contribution is 0.0696. The predicted octanol–water partition coefficient (Wildman–Crippen LogP) is 1.58. The van der Waals surface area contributed by atoms with Crippen molar-refractivity contribution in [1.29, 1.82) is 0 Å². The van der Waals surface area contributed by atoms with E-state index in [-0.39, 0.29) is 0 Å². The van der Waals surface area contributed by atoms with Gasteiger partial charge in [0.15, 0.2) is 9.84 Å². The maximum Gasteiger partial charge on any atom is 0.335 e. The van der Waals surface area contributed by atoms with E-state index in [2.05, 4.69) is 0 Å². The Morgan fingerprint density at radius 2 is 2.00 bits per heavy atom. The van der Waals surface area contributed by atoms with Crippen molar-refractivity contribution in [1.82, 2.24) is 0 Å². The summed E-state index contributed by atoms with van der Waals surface area (Å²) in [5.41, 5.74) is -0.398. The van der Waals surface area contributed by atoms with Gasteiger partial charge in [-0.2, -0.15) is 0 Å². The molecule has 0 spiro atoms. The highest BCUT2D eigenvalue weighted by Crippen LogP contribution is 2.26. The normalized spacial score (nSPS) is 11.4. The van der Waals surface area contributed by atoms with E-state index in [0.717, 1.165) is 12.3 Å². The second-order valence-corrected chi connectivity index (χ2v) is 5.21. The zero-order valence-corrected chi connectivity index (χ0v) is 9.06. The Kier molecular flexibility index (Phi) is 3.01. The molecular weight excluding hydrogens is 247 g/mol. The molecule has 0 amide bonds. The molecule has 1 N–H and O–H groups in total. The molecule has 0 aliphatic carbocycles. The fourth-order valence-electron chi connectivity index (χ4n) is 1.04. The highest BCUT2D eigenvalue weighted by molar-refractivity contribution is 7.90. The standard InChI is InChI=1S/C8H6ClFO4S/c1-15(13,14)7-5(9)2-4(8(11)12)3-6(7)10/h2-3H,1H3,(H,11,12). The maximum atomic E-state index is 13.2. The van der Waals surface area contributed by atoms with Gasteiger partial charge in [0.05, 0.1) is 10.6 Å². The number of sulfone groups is 1. The summed E-state index contributed by atoms with van der Waals surface area (Å²) in [7, 11) is -3.81. The topological polar surface area (TPSA) is 71.4 Å². The molecule has 15 heavy (non-hydrogen) atoms. The van der Waals surface area contributed by atoms with Gasteiger partial charge in [-0.15, -0.1) is 0 Å². The highest BCUT2D eigenvalue weighted by atomic mass is 35.5. The molecule has 0 saturated carbocycles. The first kappa shape index (κ1) is 11.9.